The Morgan fingerprint density at radius 1 is 1.52 bits per heavy atom. The van der Waals surface area contributed by atoms with Crippen LogP contribution in [0, 0.1) is 6.92 Å². The minimum absolute atomic E-state index is 0.0370. The third-order valence-electron chi connectivity index (χ3n) is 3.56. The van der Waals surface area contributed by atoms with Crippen molar-refractivity contribution in [2.24, 2.45) is 10.9 Å². The van der Waals surface area contributed by atoms with Crippen molar-refractivity contribution < 1.29 is 15.1 Å². The molecule has 0 aliphatic carbocycles. The Labute approximate surface area is 124 Å². The number of amidine groups is 1. The monoisotopic (exact) mass is 293 g/mol. The molecule has 21 heavy (non-hydrogen) atoms. The number of benzene rings is 1. The summed E-state index contributed by atoms with van der Waals surface area (Å²) in [4.78, 5) is 2.11. The molecule has 0 aromatic heterocycles. The van der Waals surface area contributed by atoms with Gasteiger partial charge in [-0.05, 0) is 32.9 Å². The maximum Gasteiger partial charge on any atom is 0.172 e. The molecule has 1 fully saturated rings. The number of nitrogens with two attached hydrogens (primary N) is 1. The molecule has 1 unspecified atom stereocenters. The van der Waals surface area contributed by atoms with E-state index in [0.29, 0.717) is 18.7 Å². The zero-order valence-corrected chi connectivity index (χ0v) is 12.7. The number of aliphatic hydroxyl groups excluding tert-OH is 1. The SMILES string of the molecule is Cc1ccc(N2CC(CO)OC(C)(C)C2)c(/C(N)=N/O)c1. The van der Waals surface area contributed by atoms with Gasteiger partial charge in [-0.1, -0.05) is 16.8 Å². The minimum Gasteiger partial charge on any atom is -0.409 e. The molecule has 0 saturated carbocycles. The van der Waals surface area contributed by atoms with Gasteiger partial charge in [-0.15, -0.1) is 0 Å². The summed E-state index contributed by atoms with van der Waals surface area (Å²) in [5.41, 5.74) is 8.02. The Morgan fingerprint density at radius 2 is 2.24 bits per heavy atom. The molecule has 1 aliphatic heterocycles. The lowest BCUT2D eigenvalue weighted by atomic mass is 10.0. The van der Waals surface area contributed by atoms with Crippen molar-refractivity contribution in [3.63, 3.8) is 0 Å². The molecule has 6 heteroatoms. The quantitative estimate of drug-likeness (QED) is 0.335. The van der Waals surface area contributed by atoms with Crippen LogP contribution in [-0.4, -0.2) is 47.6 Å². The van der Waals surface area contributed by atoms with Crippen LogP contribution in [0.15, 0.2) is 23.4 Å². The van der Waals surface area contributed by atoms with E-state index in [2.05, 4.69) is 10.1 Å². The van der Waals surface area contributed by atoms with Crippen molar-refractivity contribution in [3.8, 4) is 0 Å². The van der Waals surface area contributed by atoms with Crippen molar-refractivity contribution in [3.05, 3.63) is 29.3 Å². The lowest BCUT2D eigenvalue weighted by Gasteiger charge is -2.44. The number of hydrogen-bond donors (Lipinski definition) is 3. The Morgan fingerprint density at radius 3 is 2.86 bits per heavy atom. The molecule has 1 aromatic carbocycles. The minimum atomic E-state index is -0.376. The first-order valence-corrected chi connectivity index (χ1v) is 6.98. The van der Waals surface area contributed by atoms with Gasteiger partial charge in [0, 0.05) is 24.3 Å². The van der Waals surface area contributed by atoms with Crippen molar-refractivity contribution >= 4 is 11.5 Å². The van der Waals surface area contributed by atoms with Crippen LogP contribution in [0.5, 0.6) is 0 Å². The summed E-state index contributed by atoms with van der Waals surface area (Å²) in [5, 5.41) is 21.5. The van der Waals surface area contributed by atoms with Crippen molar-refractivity contribution in [2.75, 3.05) is 24.6 Å². The van der Waals surface area contributed by atoms with Gasteiger partial charge in [-0.2, -0.15) is 0 Å². The fraction of sp³-hybridized carbons (Fsp3) is 0.533. The van der Waals surface area contributed by atoms with E-state index >= 15 is 0 Å². The maximum absolute atomic E-state index is 9.42. The number of oxime groups is 1. The first-order valence-electron chi connectivity index (χ1n) is 6.98. The number of ether oxygens (including phenoxy) is 1. The topological polar surface area (TPSA) is 91.3 Å². The van der Waals surface area contributed by atoms with Gasteiger partial charge in [-0.3, -0.25) is 0 Å². The summed E-state index contributed by atoms with van der Waals surface area (Å²) < 4.78 is 5.82. The number of rotatable bonds is 3. The number of nitrogens with zero attached hydrogens (tertiary/aromatic N) is 2. The predicted octanol–water partition coefficient (Wildman–Crippen LogP) is 1.07. The van der Waals surface area contributed by atoms with E-state index in [4.69, 9.17) is 15.7 Å². The Bertz CT molecular complexity index is 543. The standard InChI is InChI=1S/C15H23N3O3/c1-10-4-5-13(12(6-10)14(16)17-20)18-7-11(8-19)21-15(2,3)9-18/h4-6,11,19-20H,7-9H2,1-3H3,(H2,16,17). The molecule has 116 valence electrons. The van der Waals surface area contributed by atoms with Crippen molar-refractivity contribution in [2.45, 2.75) is 32.5 Å². The maximum atomic E-state index is 9.42. The smallest absolute Gasteiger partial charge is 0.172 e. The summed E-state index contributed by atoms with van der Waals surface area (Å²) in [6.45, 7) is 7.12. The second-order valence-electron chi connectivity index (χ2n) is 6.07. The van der Waals surface area contributed by atoms with E-state index in [9.17, 15) is 5.11 Å². The molecule has 2 rings (SSSR count). The third kappa shape index (κ3) is 3.46. The van der Waals surface area contributed by atoms with Gasteiger partial charge in [0.25, 0.3) is 0 Å². The normalized spacial score (nSPS) is 22.4. The molecule has 6 nitrogen and oxygen atoms in total. The van der Waals surface area contributed by atoms with Crippen LogP contribution in [0.2, 0.25) is 0 Å². The van der Waals surface area contributed by atoms with E-state index in [0.717, 1.165) is 11.3 Å². The van der Waals surface area contributed by atoms with E-state index in [1.807, 2.05) is 39.0 Å². The summed E-state index contributed by atoms with van der Waals surface area (Å²) in [6, 6.07) is 5.83. The number of morpholine rings is 1. The number of hydrogen-bond acceptors (Lipinski definition) is 5. The molecule has 0 bridgehead atoms. The summed E-state index contributed by atoms with van der Waals surface area (Å²) in [5.74, 6) is 0.0820. The molecular formula is C15H23N3O3. The number of anilines is 1. The predicted molar refractivity (Wildman–Crippen MR) is 81.9 cm³/mol. The van der Waals surface area contributed by atoms with Gasteiger partial charge in [0.2, 0.25) is 0 Å². The number of aliphatic hydroxyl groups is 1. The Kier molecular flexibility index (Phi) is 4.39. The molecule has 4 N–H and O–H groups in total. The van der Waals surface area contributed by atoms with Gasteiger partial charge in [0.15, 0.2) is 5.84 Å². The van der Waals surface area contributed by atoms with E-state index < -0.39 is 0 Å². The highest BCUT2D eigenvalue weighted by atomic mass is 16.5. The fourth-order valence-corrected chi connectivity index (χ4v) is 2.76. The highest BCUT2D eigenvalue weighted by Gasteiger charge is 2.34. The van der Waals surface area contributed by atoms with Crippen LogP contribution in [0.3, 0.4) is 0 Å². The summed E-state index contributed by atoms with van der Waals surface area (Å²) in [7, 11) is 0. The van der Waals surface area contributed by atoms with Crippen molar-refractivity contribution in [1.29, 1.82) is 0 Å². The molecule has 1 aliphatic rings. The highest BCUT2D eigenvalue weighted by Crippen LogP contribution is 2.29. The second kappa shape index (κ2) is 5.91. The summed E-state index contributed by atoms with van der Waals surface area (Å²) in [6.07, 6.45) is -0.254. The van der Waals surface area contributed by atoms with E-state index in [1.165, 1.54) is 0 Å². The first-order chi connectivity index (χ1) is 9.86. The average molecular weight is 293 g/mol. The third-order valence-corrected chi connectivity index (χ3v) is 3.56. The number of aryl methyl sites for hydroxylation is 1. The van der Waals surface area contributed by atoms with Crippen molar-refractivity contribution in [1.82, 2.24) is 0 Å². The molecule has 1 atom stereocenters. The van der Waals surface area contributed by atoms with Crippen LogP contribution in [0.25, 0.3) is 0 Å². The van der Waals surface area contributed by atoms with E-state index in [-0.39, 0.29) is 24.1 Å². The van der Waals surface area contributed by atoms with Gasteiger partial charge in [-0.25, -0.2) is 0 Å². The van der Waals surface area contributed by atoms with Crippen LogP contribution in [-0.2, 0) is 4.74 Å². The molecular weight excluding hydrogens is 270 g/mol. The molecule has 1 heterocycles. The molecule has 0 amide bonds. The Balaban J connectivity index is 2.41. The van der Waals surface area contributed by atoms with Crippen LogP contribution >= 0.6 is 0 Å². The zero-order chi connectivity index (χ0) is 15.6. The summed E-state index contributed by atoms with van der Waals surface area (Å²) >= 11 is 0. The second-order valence-corrected chi connectivity index (χ2v) is 6.07. The highest BCUT2D eigenvalue weighted by molar-refractivity contribution is 6.02. The first kappa shape index (κ1) is 15.6. The van der Waals surface area contributed by atoms with Crippen LogP contribution in [0.4, 0.5) is 5.69 Å². The van der Waals surface area contributed by atoms with Gasteiger partial charge < -0.3 is 25.7 Å². The van der Waals surface area contributed by atoms with Crippen LogP contribution < -0.4 is 10.6 Å². The average Bonchev–Trinajstić information content (AvgIpc) is 2.44. The molecule has 0 spiro atoms. The lowest BCUT2D eigenvalue weighted by molar-refractivity contribution is -0.101. The lowest BCUT2D eigenvalue weighted by Crippen LogP contribution is -2.54. The zero-order valence-electron chi connectivity index (χ0n) is 12.7. The largest absolute Gasteiger partial charge is 0.409 e. The van der Waals surface area contributed by atoms with Gasteiger partial charge in [0.1, 0.15) is 0 Å². The van der Waals surface area contributed by atoms with Gasteiger partial charge in [0.05, 0.1) is 18.3 Å². The Hall–Kier alpha value is -1.79. The van der Waals surface area contributed by atoms with Gasteiger partial charge >= 0.3 is 0 Å². The molecule has 1 saturated heterocycles. The van der Waals surface area contributed by atoms with Crippen LogP contribution in [0.1, 0.15) is 25.0 Å². The molecule has 0 radical (unpaired) electrons. The van der Waals surface area contributed by atoms with E-state index in [1.54, 1.807) is 0 Å². The fourth-order valence-electron chi connectivity index (χ4n) is 2.76. The molecule has 1 aromatic rings.